The van der Waals surface area contributed by atoms with Crippen molar-refractivity contribution in [3.05, 3.63) is 42.5 Å². The molecule has 112 valence electrons. The zero-order valence-electron chi connectivity index (χ0n) is 13.4. The summed E-state index contributed by atoms with van der Waals surface area (Å²) in [4.78, 5) is 0. The highest BCUT2D eigenvalue weighted by Crippen LogP contribution is 2.35. The van der Waals surface area contributed by atoms with Crippen LogP contribution in [0.15, 0.2) is 36.9 Å². The van der Waals surface area contributed by atoms with Gasteiger partial charge in [0.05, 0.1) is 6.10 Å². The number of aliphatic hydroxyl groups is 1. The minimum atomic E-state index is -1.82. The van der Waals surface area contributed by atoms with Gasteiger partial charge in [-0.15, -0.1) is 6.58 Å². The molecule has 20 heavy (non-hydrogen) atoms. The van der Waals surface area contributed by atoms with Gasteiger partial charge in [-0.1, -0.05) is 45.9 Å². The predicted molar refractivity (Wildman–Crippen MR) is 88.7 cm³/mol. The third-order valence-electron chi connectivity index (χ3n) is 4.26. The minimum absolute atomic E-state index is 0.498. The Morgan fingerprint density at radius 1 is 1.25 bits per heavy atom. The molecule has 0 heterocycles. The Morgan fingerprint density at radius 3 is 2.35 bits per heavy atom. The summed E-state index contributed by atoms with van der Waals surface area (Å²) in [6, 6.07) is 7.83. The first-order chi connectivity index (χ1) is 9.31. The van der Waals surface area contributed by atoms with E-state index < -0.39 is 14.4 Å². The van der Waals surface area contributed by atoms with Gasteiger partial charge in [0, 0.05) is 0 Å². The molecule has 0 spiro atoms. The number of rotatable bonds is 7. The van der Waals surface area contributed by atoms with Gasteiger partial charge in [-0.3, -0.25) is 0 Å². The highest BCUT2D eigenvalue weighted by molar-refractivity contribution is 6.75. The first-order valence-electron chi connectivity index (χ1n) is 7.39. The van der Waals surface area contributed by atoms with E-state index in [1.807, 2.05) is 24.3 Å². The molecule has 3 heteroatoms. The summed E-state index contributed by atoms with van der Waals surface area (Å²) >= 11 is 0. The molecule has 0 amide bonds. The van der Waals surface area contributed by atoms with Crippen molar-refractivity contribution in [2.24, 2.45) is 0 Å². The topological polar surface area (TPSA) is 29.5 Å². The van der Waals surface area contributed by atoms with Crippen LogP contribution in [0.1, 0.15) is 45.8 Å². The Bertz CT molecular complexity index is 432. The van der Waals surface area contributed by atoms with Crippen LogP contribution in [0.4, 0.5) is 0 Å². The summed E-state index contributed by atoms with van der Waals surface area (Å²) in [6.45, 7) is 14.9. The van der Waals surface area contributed by atoms with E-state index in [2.05, 4.69) is 40.8 Å². The average molecular weight is 292 g/mol. The zero-order chi connectivity index (χ0) is 15.3. The highest BCUT2D eigenvalue weighted by Gasteiger charge is 2.38. The smallest absolute Gasteiger partial charge is 0.253 e. The Kier molecular flexibility index (Phi) is 6.02. The lowest BCUT2D eigenvalue weighted by atomic mass is 10.1. The predicted octanol–water partition coefficient (Wildman–Crippen LogP) is 5.07. The molecule has 0 aromatic heterocycles. The molecular weight excluding hydrogens is 264 g/mol. The van der Waals surface area contributed by atoms with Gasteiger partial charge in [0.2, 0.25) is 0 Å². The molecule has 0 saturated carbocycles. The number of benzene rings is 1. The maximum atomic E-state index is 10.0. The molecule has 1 atom stereocenters. The van der Waals surface area contributed by atoms with Crippen LogP contribution in [0.2, 0.25) is 17.6 Å². The Balaban J connectivity index is 2.97. The molecule has 1 rings (SSSR count). The van der Waals surface area contributed by atoms with Crippen molar-refractivity contribution in [1.82, 2.24) is 0 Å². The zero-order valence-corrected chi connectivity index (χ0v) is 14.4. The van der Waals surface area contributed by atoms with E-state index >= 15 is 0 Å². The van der Waals surface area contributed by atoms with Crippen molar-refractivity contribution in [1.29, 1.82) is 0 Å². The first kappa shape index (κ1) is 17.0. The van der Waals surface area contributed by atoms with Gasteiger partial charge in [0.15, 0.2) is 0 Å². The van der Waals surface area contributed by atoms with Crippen LogP contribution < -0.4 is 4.43 Å². The third kappa shape index (κ3) is 3.97. The molecule has 0 saturated heterocycles. The molecule has 2 nitrogen and oxygen atoms in total. The van der Waals surface area contributed by atoms with Crippen LogP contribution in [0.3, 0.4) is 0 Å². The van der Waals surface area contributed by atoms with E-state index in [0.29, 0.717) is 17.5 Å². The lowest BCUT2D eigenvalue weighted by molar-refractivity contribution is 0.181. The van der Waals surface area contributed by atoms with Crippen molar-refractivity contribution >= 4 is 8.32 Å². The van der Waals surface area contributed by atoms with Crippen LogP contribution >= 0.6 is 0 Å². The summed E-state index contributed by atoms with van der Waals surface area (Å²) in [5.74, 6) is 0.877. The van der Waals surface area contributed by atoms with E-state index in [-0.39, 0.29) is 0 Å². The maximum absolute atomic E-state index is 10.0. The number of aliphatic hydroxyl groups excluding tert-OH is 1. The molecule has 0 radical (unpaired) electrons. The normalized spacial score (nSPS) is 13.6. The molecule has 1 unspecified atom stereocenters. The summed E-state index contributed by atoms with van der Waals surface area (Å²) in [7, 11) is -1.82. The fourth-order valence-corrected chi connectivity index (χ4v) is 4.68. The van der Waals surface area contributed by atoms with E-state index in [4.69, 9.17) is 4.43 Å². The summed E-state index contributed by atoms with van der Waals surface area (Å²) in [5, 5.41) is 10.0. The van der Waals surface area contributed by atoms with E-state index in [9.17, 15) is 5.11 Å². The van der Waals surface area contributed by atoms with Crippen molar-refractivity contribution in [3.63, 3.8) is 0 Å². The molecule has 1 aromatic rings. The molecule has 1 aromatic carbocycles. The quantitative estimate of drug-likeness (QED) is 0.561. The monoisotopic (exact) mass is 292 g/mol. The molecule has 0 aliphatic rings. The first-order valence-corrected chi connectivity index (χ1v) is 9.95. The van der Waals surface area contributed by atoms with Gasteiger partial charge in [-0.25, -0.2) is 0 Å². The third-order valence-corrected chi connectivity index (χ3v) is 9.52. The van der Waals surface area contributed by atoms with Gasteiger partial charge in [-0.05, 0) is 41.7 Å². The van der Waals surface area contributed by atoms with Gasteiger partial charge < -0.3 is 9.53 Å². The summed E-state index contributed by atoms with van der Waals surface area (Å²) < 4.78 is 6.40. The SMILES string of the molecule is C=CCC(O)c1cccc(O[Si](C)(C(C)C)C(C)C)c1. The number of hydrogen-bond donors (Lipinski definition) is 1. The largest absolute Gasteiger partial charge is 0.543 e. The van der Waals surface area contributed by atoms with Crippen LogP contribution in [-0.4, -0.2) is 13.4 Å². The van der Waals surface area contributed by atoms with E-state index in [1.54, 1.807) is 6.08 Å². The standard InChI is InChI=1S/C17H28O2Si/c1-7-9-17(18)15-10-8-11-16(12-15)19-20(6,13(2)3)14(4)5/h7-8,10-14,17-18H,1,9H2,2-6H3. The van der Waals surface area contributed by atoms with Gasteiger partial charge in [0.1, 0.15) is 5.75 Å². The summed E-state index contributed by atoms with van der Waals surface area (Å²) in [5.41, 5.74) is 1.99. The van der Waals surface area contributed by atoms with Crippen molar-refractivity contribution in [2.45, 2.75) is 57.8 Å². The fourth-order valence-electron chi connectivity index (χ4n) is 2.24. The summed E-state index contributed by atoms with van der Waals surface area (Å²) in [6.07, 6.45) is 1.80. The van der Waals surface area contributed by atoms with Crippen molar-refractivity contribution < 1.29 is 9.53 Å². The molecule has 1 N–H and O–H groups in total. The molecule has 0 fully saturated rings. The number of hydrogen-bond acceptors (Lipinski definition) is 2. The van der Waals surface area contributed by atoms with Gasteiger partial charge in [0.25, 0.3) is 8.32 Å². The lowest BCUT2D eigenvalue weighted by Gasteiger charge is -2.35. The minimum Gasteiger partial charge on any atom is -0.543 e. The average Bonchev–Trinajstić information content (AvgIpc) is 2.38. The molecular formula is C17H28O2Si. The van der Waals surface area contributed by atoms with E-state index in [1.165, 1.54) is 0 Å². The van der Waals surface area contributed by atoms with Crippen LogP contribution in [0.5, 0.6) is 5.75 Å². The van der Waals surface area contributed by atoms with Gasteiger partial charge in [-0.2, -0.15) is 0 Å². The van der Waals surface area contributed by atoms with E-state index in [0.717, 1.165) is 11.3 Å². The molecule has 0 aliphatic heterocycles. The second-order valence-corrected chi connectivity index (χ2v) is 11.1. The molecule has 0 aliphatic carbocycles. The van der Waals surface area contributed by atoms with Crippen LogP contribution in [0, 0.1) is 0 Å². The Morgan fingerprint density at radius 2 is 1.85 bits per heavy atom. The van der Waals surface area contributed by atoms with Crippen molar-refractivity contribution in [3.8, 4) is 5.75 Å². The highest BCUT2D eigenvalue weighted by atomic mass is 28.4. The Hall–Kier alpha value is -1.06. The Labute approximate surface area is 124 Å². The van der Waals surface area contributed by atoms with Gasteiger partial charge >= 0.3 is 0 Å². The second-order valence-electron chi connectivity index (χ2n) is 6.21. The van der Waals surface area contributed by atoms with Crippen molar-refractivity contribution in [2.75, 3.05) is 0 Å². The lowest BCUT2D eigenvalue weighted by Crippen LogP contribution is -2.44. The second kappa shape index (κ2) is 7.09. The fraction of sp³-hybridized carbons (Fsp3) is 0.529. The van der Waals surface area contributed by atoms with Crippen LogP contribution in [0.25, 0.3) is 0 Å². The molecule has 0 bridgehead atoms. The van der Waals surface area contributed by atoms with Crippen LogP contribution in [-0.2, 0) is 0 Å². The maximum Gasteiger partial charge on any atom is 0.253 e.